The fourth-order valence-electron chi connectivity index (χ4n) is 3.90. The van der Waals surface area contributed by atoms with Crippen LogP contribution in [0.2, 0.25) is 18.1 Å². The molecule has 0 radical (unpaired) electrons. The van der Waals surface area contributed by atoms with Crippen molar-refractivity contribution in [3.63, 3.8) is 0 Å². The van der Waals surface area contributed by atoms with E-state index in [0.29, 0.717) is 18.0 Å². The molecule has 1 saturated carbocycles. The molecule has 0 aromatic carbocycles. The van der Waals surface area contributed by atoms with Gasteiger partial charge in [-0.1, -0.05) is 33.9 Å². The van der Waals surface area contributed by atoms with Crippen LogP contribution >= 0.6 is 0 Å². The topological polar surface area (TPSA) is 60.9 Å². The second kappa shape index (κ2) is 5.20. The number of hydrogen-bond acceptors (Lipinski definition) is 3. The van der Waals surface area contributed by atoms with Crippen LogP contribution in [0.15, 0.2) is 6.07 Å². The lowest BCUT2D eigenvalue weighted by molar-refractivity contribution is -0.120. The van der Waals surface area contributed by atoms with Crippen molar-refractivity contribution in [1.29, 1.82) is 0 Å². The van der Waals surface area contributed by atoms with E-state index in [9.17, 15) is 4.79 Å². The van der Waals surface area contributed by atoms with Gasteiger partial charge in [0.05, 0.1) is 24.3 Å². The Morgan fingerprint density at radius 1 is 1.22 bits per heavy atom. The van der Waals surface area contributed by atoms with E-state index in [-0.39, 0.29) is 10.6 Å². The van der Waals surface area contributed by atoms with E-state index < -0.39 is 13.1 Å². The maximum Gasteiger partial charge on any atom is 0.142 e. The Hall–Kier alpha value is -1.10. The molecular formula is C18H33N3OSi. The van der Waals surface area contributed by atoms with Crippen molar-refractivity contribution in [3.05, 3.63) is 11.8 Å². The molecule has 1 aliphatic rings. The number of hydrogen-bond donors (Lipinski definition) is 1. The molecule has 2 rings (SSSR count). The third-order valence-electron chi connectivity index (χ3n) is 6.18. The van der Waals surface area contributed by atoms with Crippen molar-refractivity contribution < 1.29 is 4.79 Å². The second-order valence-corrected chi connectivity index (χ2v) is 15.2. The van der Waals surface area contributed by atoms with Crippen LogP contribution in [0.5, 0.6) is 0 Å². The fraction of sp³-hybridized carbons (Fsp3) is 0.778. The van der Waals surface area contributed by atoms with E-state index in [0.717, 1.165) is 18.5 Å². The average molecular weight is 336 g/mol. The Balaban J connectivity index is 2.70. The molecule has 1 aromatic heterocycles. The summed E-state index contributed by atoms with van der Waals surface area (Å²) >= 11 is 0. The molecule has 1 heterocycles. The first-order valence-corrected chi connectivity index (χ1v) is 11.6. The number of nitrogens with zero attached hydrogens (tertiary/aromatic N) is 2. The largest absolute Gasteiger partial charge is 0.384 e. The van der Waals surface area contributed by atoms with Crippen LogP contribution < -0.4 is 5.73 Å². The van der Waals surface area contributed by atoms with E-state index in [1.54, 1.807) is 0 Å². The summed E-state index contributed by atoms with van der Waals surface area (Å²) in [6.07, 6.45) is 2.56. The normalized spacial score (nSPS) is 23.6. The molecule has 4 nitrogen and oxygen atoms in total. The van der Waals surface area contributed by atoms with Gasteiger partial charge >= 0.3 is 0 Å². The van der Waals surface area contributed by atoms with Crippen LogP contribution in [-0.2, 0) is 15.4 Å². The van der Waals surface area contributed by atoms with E-state index in [4.69, 9.17) is 10.8 Å². The molecule has 23 heavy (non-hydrogen) atoms. The van der Waals surface area contributed by atoms with Crippen LogP contribution in [0.1, 0.15) is 66.5 Å². The van der Waals surface area contributed by atoms with Crippen LogP contribution in [0.25, 0.3) is 0 Å². The standard InChI is InChI=1S/C18H33N3OSi/c1-16(2,3)21-15(19)12-13(20-21)18(11-9-10-14(18)22)23(7,8)17(4,5)6/h12H,9-11,19H2,1-8H3. The third-order valence-corrected chi connectivity index (χ3v) is 12.9. The van der Waals surface area contributed by atoms with Gasteiger partial charge in [0.2, 0.25) is 0 Å². The Labute approximate surface area is 141 Å². The summed E-state index contributed by atoms with van der Waals surface area (Å²) in [5.74, 6) is 1.04. The highest BCUT2D eigenvalue weighted by atomic mass is 28.3. The molecule has 130 valence electrons. The molecule has 0 bridgehead atoms. The summed E-state index contributed by atoms with van der Waals surface area (Å²) < 4.78 is 1.88. The minimum atomic E-state index is -1.98. The SMILES string of the molecule is CC(C)(C)n1nc(C2([Si](C)(C)C(C)(C)C)CCCC2=O)cc1N. The average Bonchev–Trinajstić information content (AvgIpc) is 2.91. The second-order valence-electron chi connectivity index (χ2n) is 9.59. The van der Waals surface area contributed by atoms with Crippen molar-refractivity contribution in [3.8, 4) is 0 Å². The summed E-state index contributed by atoms with van der Waals surface area (Å²) in [4.78, 5) is 13.1. The zero-order valence-electron chi connectivity index (χ0n) is 16.1. The monoisotopic (exact) mass is 335 g/mol. The Bertz CT molecular complexity index is 619. The summed E-state index contributed by atoms with van der Waals surface area (Å²) in [6, 6.07) is 1.97. The zero-order valence-corrected chi connectivity index (χ0v) is 17.1. The first-order valence-electron chi connectivity index (χ1n) is 8.65. The first-order chi connectivity index (χ1) is 10.2. The van der Waals surface area contributed by atoms with E-state index in [2.05, 4.69) is 54.6 Å². The molecule has 0 amide bonds. The van der Waals surface area contributed by atoms with Crippen molar-refractivity contribution in [2.45, 2.75) is 89.5 Å². The third kappa shape index (κ3) is 2.57. The van der Waals surface area contributed by atoms with Gasteiger partial charge in [0, 0.05) is 12.5 Å². The highest BCUT2D eigenvalue weighted by Gasteiger charge is 2.60. The molecule has 1 atom stereocenters. The lowest BCUT2D eigenvalue weighted by atomic mass is 10.0. The Morgan fingerprint density at radius 2 is 1.78 bits per heavy atom. The quantitative estimate of drug-likeness (QED) is 0.821. The maximum atomic E-state index is 13.1. The van der Waals surface area contributed by atoms with E-state index in [1.165, 1.54) is 0 Å². The molecule has 1 aliphatic carbocycles. The number of rotatable bonds is 2. The van der Waals surface area contributed by atoms with Crippen LogP contribution in [0, 0.1) is 0 Å². The number of aromatic nitrogens is 2. The van der Waals surface area contributed by atoms with Crippen molar-refractivity contribution in [2.75, 3.05) is 5.73 Å². The molecule has 1 aromatic rings. The molecule has 0 aliphatic heterocycles. The number of nitrogen functional groups attached to an aromatic ring is 1. The minimum absolute atomic E-state index is 0.118. The Morgan fingerprint density at radius 3 is 2.13 bits per heavy atom. The van der Waals surface area contributed by atoms with Gasteiger partial charge in [-0.25, -0.2) is 4.68 Å². The van der Waals surface area contributed by atoms with Gasteiger partial charge in [0.1, 0.15) is 11.6 Å². The molecule has 0 saturated heterocycles. The van der Waals surface area contributed by atoms with Gasteiger partial charge in [0.15, 0.2) is 0 Å². The van der Waals surface area contributed by atoms with Crippen molar-refractivity contribution in [1.82, 2.24) is 9.78 Å². The smallest absolute Gasteiger partial charge is 0.142 e. The maximum absolute atomic E-state index is 13.1. The number of carbonyl (C=O) groups excluding carboxylic acids is 1. The van der Waals surface area contributed by atoms with E-state index >= 15 is 0 Å². The van der Waals surface area contributed by atoms with Crippen LogP contribution in [0.3, 0.4) is 0 Å². The number of carbonyl (C=O) groups is 1. The number of ketones is 1. The first kappa shape index (κ1) is 18.2. The molecule has 1 fully saturated rings. The van der Waals surface area contributed by atoms with Gasteiger partial charge in [-0.2, -0.15) is 5.10 Å². The highest BCUT2D eigenvalue weighted by molar-refractivity contribution is 6.86. The van der Waals surface area contributed by atoms with Gasteiger partial charge in [-0.05, 0) is 38.7 Å². The van der Waals surface area contributed by atoms with Gasteiger partial charge in [0.25, 0.3) is 0 Å². The highest BCUT2D eigenvalue weighted by Crippen LogP contribution is 2.54. The molecule has 5 heteroatoms. The lowest BCUT2D eigenvalue weighted by Crippen LogP contribution is -2.60. The fourth-order valence-corrected chi connectivity index (χ4v) is 7.57. The molecular weight excluding hydrogens is 302 g/mol. The van der Waals surface area contributed by atoms with Crippen molar-refractivity contribution >= 4 is 19.7 Å². The molecule has 2 N–H and O–H groups in total. The molecule has 0 spiro atoms. The van der Waals surface area contributed by atoms with Crippen LogP contribution in [-0.4, -0.2) is 23.6 Å². The van der Waals surface area contributed by atoms with E-state index in [1.807, 2.05) is 10.7 Å². The predicted octanol–water partition coefficient (Wildman–Crippen LogP) is 4.26. The zero-order chi connectivity index (χ0) is 17.8. The van der Waals surface area contributed by atoms with Crippen LogP contribution in [0.4, 0.5) is 5.82 Å². The Kier molecular flexibility index (Phi) is 4.12. The van der Waals surface area contributed by atoms with Gasteiger partial charge < -0.3 is 5.73 Å². The van der Waals surface area contributed by atoms with Crippen molar-refractivity contribution in [2.24, 2.45) is 0 Å². The lowest BCUT2D eigenvalue weighted by Gasteiger charge is -2.49. The summed E-state index contributed by atoms with van der Waals surface area (Å²) in [7, 11) is -1.98. The van der Waals surface area contributed by atoms with Gasteiger partial charge in [-0.15, -0.1) is 0 Å². The summed E-state index contributed by atoms with van der Waals surface area (Å²) in [6.45, 7) is 17.8. The minimum Gasteiger partial charge on any atom is -0.384 e. The summed E-state index contributed by atoms with van der Waals surface area (Å²) in [5, 5.41) is 4.58. The summed E-state index contributed by atoms with van der Waals surface area (Å²) in [5.41, 5.74) is 6.99. The molecule has 1 unspecified atom stereocenters. The number of anilines is 1. The predicted molar refractivity (Wildman–Crippen MR) is 99.4 cm³/mol. The number of Topliss-reactive ketones (excluding diaryl/α,β-unsaturated/α-hetero) is 1. The van der Waals surface area contributed by atoms with Gasteiger partial charge in [-0.3, -0.25) is 4.79 Å². The number of nitrogens with two attached hydrogens (primary N) is 1.